The Kier molecular flexibility index (Phi) is 4.80. The van der Waals surface area contributed by atoms with Crippen molar-refractivity contribution in [3.05, 3.63) is 0 Å². The fraction of sp³-hybridized carbons (Fsp3) is 0.923. The van der Waals surface area contributed by atoms with Gasteiger partial charge in [0, 0.05) is 31.7 Å². The van der Waals surface area contributed by atoms with Gasteiger partial charge < -0.3 is 10.6 Å². The van der Waals surface area contributed by atoms with Gasteiger partial charge in [0.05, 0.1) is 6.54 Å². The summed E-state index contributed by atoms with van der Waals surface area (Å²) in [5.41, 5.74) is 0. The van der Waals surface area contributed by atoms with Crippen molar-refractivity contribution in [1.82, 2.24) is 15.5 Å². The third-order valence-corrected chi connectivity index (χ3v) is 3.79. The van der Waals surface area contributed by atoms with Gasteiger partial charge in [-0.25, -0.2) is 0 Å². The van der Waals surface area contributed by atoms with Gasteiger partial charge in [0.25, 0.3) is 0 Å². The van der Waals surface area contributed by atoms with Crippen molar-refractivity contribution in [1.29, 1.82) is 0 Å². The van der Waals surface area contributed by atoms with Gasteiger partial charge in [-0.05, 0) is 19.8 Å². The van der Waals surface area contributed by atoms with E-state index in [1.807, 2.05) is 0 Å². The molecule has 2 aliphatic rings. The SMILES string of the molecule is CC1CN(CC(=O)NC2CCCCC2)CCN1. The van der Waals surface area contributed by atoms with E-state index in [2.05, 4.69) is 22.5 Å². The minimum absolute atomic E-state index is 0.214. The fourth-order valence-electron chi connectivity index (χ4n) is 2.88. The second kappa shape index (κ2) is 6.36. The molecule has 0 bridgehead atoms. The van der Waals surface area contributed by atoms with Crippen LogP contribution in [0, 0.1) is 0 Å². The number of hydrogen-bond donors (Lipinski definition) is 2. The molecule has 1 saturated heterocycles. The normalized spacial score (nSPS) is 27.9. The molecule has 2 N–H and O–H groups in total. The maximum atomic E-state index is 11.9. The lowest BCUT2D eigenvalue weighted by Gasteiger charge is -2.32. The fourth-order valence-corrected chi connectivity index (χ4v) is 2.88. The van der Waals surface area contributed by atoms with Gasteiger partial charge in [-0.1, -0.05) is 19.3 Å². The number of carbonyl (C=O) groups excluding carboxylic acids is 1. The Morgan fingerprint density at radius 1 is 1.35 bits per heavy atom. The van der Waals surface area contributed by atoms with Crippen LogP contribution in [0.5, 0.6) is 0 Å². The van der Waals surface area contributed by atoms with Crippen LogP contribution in [0.4, 0.5) is 0 Å². The van der Waals surface area contributed by atoms with Crippen molar-refractivity contribution in [2.45, 2.75) is 51.1 Å². The van der Waals surface area contributed by atoms with Gasteiger partial charge in [0.15, 0.2) is 0 Å². The molecular weight excluding hydrogens is 214 g/mol. The standard InChI is InChI=1S/C13H25N3O/c1-11-9-16(8-7-14-11)10-13(17)15-12-5-3-2-4-6-12/h11-12,14H,2-10H2,1H3,(H,15,17). The molecule has 1 heterocycles. The molecule has 1 aliphatic heterocycles. The molecule has 0 aromatic heterocycles. The summed E-state index contributed by atoms with van der Waals surface area (Å²) in [5, 5.41) is 6.57. The minimum atomic E-state index is 0.214. The maximum Gasteiger partial charge on any atom is 0.234 e. The van der Waals surface area contributed by atoms with Crippen molar-refractivity contribution in [3.8, 4) is 0 Å². The average molecular weight is 239 g/mol. The highest BCUT2D eigenvalue weighted by Gasteiger charge is 2.20. The molecule has 0 aromatic carbocycles. The Balaban J connectivity index is 1.68. The van der Waals surface area contributed by atoms with Crippen LogP contribution >= 0.6 is 0 Å². The number of amides is 1. The van der Waals surface area contributed by atoms with Crippen molar-refractivity contribution in [2.24, 2.45) is 0 Å². The van der Waals surface area contributed by atoms with Crippen LogP contribution in [0.1, 0.15) is 39.0 Å². The summed E-state index contributed by atoms with van der Waals surface area (Å²) in [7, 11) is 0. The number of carbonyl (C=O) groups is 1. The zero-order chi connectivity index (χ0) is 12.1. The van der Waals surface area contributed by atoms with Gasteiger partial charge in [0.2, 0.25) is 5.91 Å². The Labute approximate surface area is 104 Å². The Morgan fingerprint density at radius 3 is 2.82 bits per heavy atom. The van der Waals surface area contributed by atoms with E-state index >= 15 is 0 Å². The Hall–Kier alpha value is -0.610. The number of nitrogens with zero attached hydrogens (tertiary/aromatic N) is 1. The number of rotatable bonds is 3. The van der Waals surface area contributed by atoms with Crippen LogP contribution in [0.25, 0.3) is 0 Å². The second-order valence-electron chi connectivity index (χ2n) is 5.49. The molecule has 1 saturated carbocycles. The third-order valence-electron chi connectivity index (χ3n) is 3.79. The third kappa shape index (κ3) is 4.28. The van der Waals surface area contributed by atoms with Gasteiger partial charge in [-0.2, -0.15) is 0 Å². The molecule has 0 radical (unpaired) electrons. The monoisotopic (exact) mass is 239 g/mol. The van der Waals surface area contributed by atoms with Gasteiger partial charge in [0.1, 0.15) is 0 Å². The van der Waals surface area contributed by atoms with Gasteiger partial charge in [-0.3, -0.25) is 9.69 Å². The first kappa shape index (κ1) is 12.8. The summed E-state index contributed by atoms with van der Waals surface area (Å²) in [5.74, 6) is 0.214. The van der Waals surface area contributed by atoms with E-state index in [1.54, 1.807) is 0 Å². The predicted octanol–water partition coefficient (Wildman–Crippen LogP) is 0.729. The van der Waals surface area contributed by atoms with E-state index in [9.17, 15) is 4.79 Å². The van der Waals surface area contributed by atoms with Crippen molar-refractivity contribution >= 4 is 5.91 Å². The van der Waals surface area contributed by atoms with Crippen LogP contribution in [0.2, 0.25) is 0 Å². The van der Waals surface area contributed by atoms with Crippen LogP contribution in [-0.2, 0) is 4.79 Å². The molecule has 98 valence electrons. The van der Waals surface area contributed by atoms with Crippen LogP contribution in [0.3, 0.4) is 0 Å². The van der Waals surface area contributed by atoms with E-state index in [0.717, 1.165) is 19.6 Å². The minimum Gasteiger partial charge on any atom is -0.352 e. The quantitative estimate of drug-likeness (QED) is 0.763. The molecule has 1 amide bonds. The smallest absolute Gasteiger partial charge is 0.234 e. The summed E-state index contributed by atoms with van der Waals surface area (Å²) >= 11 is 0. The van der Waals surface area contributed by atoms with E-state index in [0.29, 0.717) is 18.6 Å². The number of hydrogen-bond acceptors (Lipinski definition) is 3. The highest BCUT2D eigenvalue weighted by Crippen LogP contribution is 2.17. The van der Waals surface area contributed by atoms with Gasteiger partial charge in [-0.15, -0.1) is 0 Å². The molecule has 0 spiro atoms. The predicted molar refractivity (Wildman–Crippen MR) is 68.9 cm³/mol. The van der Waals surface area contributed by atoms with Crippen LogP contribution in [-0.4, -0.2) is 49.1 Å². The maximum absolute atomic E-state index is 11.9. The van der Waals surface area contributed by atoms with Crippen LogP contribution < -0.4 is 10.6 Å². The molecule has 2 fully saturated rings. The first-order valence-electron chi connectivity index (χ1n) is 6.99. The van der Waals surface area contributed by atoms with E-state index in [4.69, 9.17) is 0 Å². The number of nitrogens with one attached hydrogen (secondary N) is 2. The second-order valence-corrected chi connectivity index (χ2v) is 5.49. The summed E-state index contributed by atoms with van der Waals surface area (Å²) in [4.78, 5) is 14.2. The van der Waals surface area contributed by atoms with Gasteiger partial charge >= 0.3 is 0 Å². The van der Waals surface area contributed by atoms with Crippen molar-refractivity contribution in [2.75, 3.05) is 26.2 Å². The van der Waals surface area contributed by atoms with Crippen molar-refractivity contribution in [3.63, 3.8) is 0 Å². The topological polar surface area (TPSA) is 44.4 Å². The lowest BCUT2D eigenvalue weighted by atomic mass is 9.95. The molecule has 1 aliphatic carbocycles. The lowest BCUT2D eigenvalue weighted by Crippen LogP contribution is -2.52. The molecule has 0 aromatic rings. The van der Waals surface area contributed by atoms with E-state index < -0.39 is 0 Å². The number of piperazine rings is 1. The highest BCUT2D eigenvalue weighted by atomic mass is 16.2. The van der Waals surface area contributed by atoms with Crippen molar-refractivity contribution < 1.29 is 4.79 Å². The Morgan fingerprint density at radius 2 is 2.12 bits per heavy atom. The lowest BCUT2D eigenvalue weighted by molar-refractivity contribution is -0.123. The first-order chi connectivity index (χ1) is 8.24. The molecule has 2 rings (SSSR count). The molecular formula is C13H25N3O. The summed E-state index contributed by atoms with van der Waals surface area (Å²) < 4.78 is 0. The summed E-state index contributed by atoms with van der Waals surface area (Å²) in [6.07, 6.45) is 6.22. The largest absolute Gasteiger partial charge is 0.352 e. The molecule has 1 unspecified atom stereocenters. The molecule has 4 heteroatoms. The highest BCUT2D eigenvalue weighted by molar-refractivity contribution is 5.78. The van der Waals surface area contributed by atoms with E-state index in [-0.39, 0.29) is 5.91 Å². The summed E-state index contributed by atoms with van der Waals surface area (Å²) in [6.45, 7) is 5.71. The molecule has 4 nitrogen and oxygen atoms in total. The molecule has 1 atom stereocenters. The van der Waals surface area contributed by atoms with E-state index in [1.165, 1.54) is 32.1 Å². The molecule has 17 heavy (non-hydrogen) atoms. The van der Waals surface area contributed by atoms with Crippen LogP contribution in [0.15, 0.2) is 0 Å². The zero-order valence-electron chi connectivity index (χ0n) is 10.9. The zero-order valence-corrected chi connectivity index (χ0v) is 10.9. The first-order valence-corrected chi connectivity index (χ1v) is 6.99. The summed E-state index contributed by atoms with van der Waals surface area (Å²) in [6, 6.07) is 0.947. The Bertz CT molecular complexity index is 251. The average Bonchev–Trinajstić information content (AvgIpc) is 2.30.